The summed E-state index contributed by atoms with van der Waals surface area (Å²) in [5.74, 6) is 1.72. The summed E-state index contributed by atoms with van der Waals surface area (Å²) in [6.07, 6.45) is 7.59. The Balaban J connectivity index is 1.61. The van der Waals surface area contributed by atoms with Gasteiger partial charge in [-0.15, -0.1) is 0 Å². The first-order chi connectivity index (χ1) is 13.7. The molecule has 0 aliphatic heterocycles. The van der Waals surface area contributed by atoms with Crippen LogP contribution in [0.1, 0.15) is 49.7 Å². The average Bonchev–Trinajstić information content (AvgIpc) is 2.74. The summed E-state index contributed by atoms with van der Waals surface area (Å²) in [6.45, 7) is 0.502. The highest BCUT2D eigenvalue weighted by Crippen LogP contribution is 2.34. The third-order valence-electron chi connectivity index (χ3n) is 5.79. The number of ether oxygens (including phenoxy) is 2. The van der Waals surface area contributed by atoms with Crippen molar-refractivity contribution in [2.75, 3.05) is 7.11 Å². The molecule has 1 atom stereocenters. The first kappa shape index (κ1) is 20.2. The van der Waals surface area contributed by atoms with Crippen molar-refractivity contribution in [2.45, 2.75) is 51.6 Å². The van der Waals surface area contributed by atoms with Gasteiger partial charge in [0.25, 0.3) is 0 Å². The summed E-state index contributed by atoms with van der Waals surface area (Å²) in [6, 6.07) is 16.1. The number of nitrogens with two attached hydrogens (primary N) is 1. The van der Waals surface area contributed by atoms with Gasteiger partial charge < -0.3 is 15.2 Å². The minimum Gasteiger partial charge on any atom is -0.493 e. The van der Waals surface area contributed by atoms with Crippen LogP contribution >= 0.6 is 0 Å². The van der Waals surface area contributed by atoms with Crippen LogP contribution in [0.2, 0.25) is 0 Å². The van der Waals surface area contributed by atoms with Crippen LogP contribution in [0.25, 0.3) is 0 Å². The van der Waals surface area contributed by atoms with Gasteiger partial charge in [0.1, 0.15) is 6.61 Å². The van der Waals surface area contributed by atoms with Crippen molar-refractivity contribution < 1.29 is 14.3 Å². The number of carbonyl (C=O) groups is 1. The fourth-order valence-electron chi connectivity index (χ4n) is 4.19. The molecular formula is C24H31NO3. The van der Waals surface area contributed by atoms with Crippen molar-refractivity contribution in [1.82, 2.24) is 0 Å². The van der Waals surface area contributed by atoms with Crippen molar-refractivity contribution in [2.24, 2.45) is 17.6 Å². The molecule has 3 rings (SSSR count). The number of hydrogen-bond acceptors (Lipinski definition) is 3. The highest BCUT2D eigenvalue weighted by molar-refractivity contribution is 5.77. The topological polar surface area (TPSA) is 61.5 Å². The molecule has 0 spiro atoms. The normalized spacial score (nSPS) is 15.8. The van der Waals surface area contributed by atoms with Gasteiger partial charge in [-0.05, 0) is 54.9 Å². The van der Waals surface area contributed by atoms with Gasteiger partial charge in [-0.2, -0.15) is 0 Å². The number of amides is 1. The van der Waals surface area contributed by atoms with Crippen LogP contribution in [-0.2, 0) is 17.8 Å². The maximum absolute atomic E-state index is 12.0. The lowest BCUT2D eigenvalue weighted by Gasteiger charge is -2.28. The Bertz CT molecular complexity index is 754. The van der Waals surface area contributed by atoms with Crippen LogP contribution in [0.15, 0.2) is 48.5 Å². The molecule has 2 aromatic carbocycles. The molecular weight excluding hydrogens is 350 g/mol. The van der Waals surface area contributed by atoms with E-state index in [1.54, 1.807) is 7.11 Å². The summed E-state index contributed by atoms with van der Waals surface area (Å²) in [5, 5.41) is 0. The van der Waals surface area contributed by atoms with Crippen LogP contribution in [-0.4, -0.2) is 13.0 Å². The Kier molecular flexibility index (Phi) is 7.35. The zero-order valence-corrected chi connectivity index (χ0v) is 16.7. The molecule has 1 aliphatic carbocycles. The van der Waals surface area contributed by atoms with E-state index in [0.717, 1.165) is 48.3 Å². The van der Waals surface area contributed by atoms with Crippen LogP contribution in [0, 0.1) is 11.8 Å². The molecule has 0 bridgehead atoms. The molecule has 0 aromatic heterocycles. The number of aryl methyl sites for hydroxylation is 1. The summed E-state index contributed by atoms with van der Waals surface area (Å²) >= 11 is 0. The summed E-state index contributed by atoms with van der Waals surface area (Å²) < 4.78 is 11.5. The first-order valence-electron chi connectivity index (χ1n) is 10.3. The lowest BCUT2D eigenvalue weighted by atomic mass is 9.77. The van der Waals surface area contributed by atoms with Gasteiger partial charge in [-0.1, -0.05) is 55.7 Å². The molecule has 1 amide bonds. The SMILES string of the molecule is COc1cc(CCC(C(N)=O)C2CCCCC2)ccc1OCc1ccccc1. The number of carbonyl (C=O) groups excluding carboxylic acids is 1. The van der Waals surface area contributed by atoms with Gasteiger partial charge >= 0.3 is 0 Å². The van der Waals surface area contributed by atoms with E-state index in [2.05, 4.69) is 6.07 Å². The van der Waals surface area contributed by atoms with Crippen molar-refractivity contribution in [3.8, 4) is 11.5 Å². The van der Waals surface area contributed by atoms with E-state index in [1.807, 2.05) is 42.5 Å². The monoisotopic (exact) mass is 381 g/mol. The van der Waals surface area contributed by atoms with Crippen LogP contribution in [0.3, 0.4) is 0 Å². The third kappa shape index (κ3) is 5.51. The molecule has 150 valence electrons. The Morgan fingerprint density at radius 1 is 1.04 bits per heavy atom. The first-order valence-corrected chi connectivity index (χ1v) is 10.3. The minimum absolute atomic E-state index is 0.0275. The fourth-order valence-corrected chi connectivity index (χ4v) is 4.19. The Morgan fingerprint density at radius 3 is 2.46 bits per heavy atom. The number of rotatable bonds is 9. The van der Waals surface area contributed by atoms with E-state index in [9.17, 15) is 4.79 Å². The molecule has 4 heteroatoms. The largest absolute Gasteiger partial charge is 0.493 e. The number of benzene rings is 2. The van der Waals surface area contributed by atoms with Crippen LogP contribution in [0.5, 0.6) is 11.5 Å². The summed E-state index contributed by atoms with van der Waals surface area (Å²) in [5.41, 5.74) is 7.98. The highest BCUT2D eigenvalue weighted by atomic mass is 16.5. The second-order valence-electron chi connectivity index (χ2n) is 7.71. The average molecular weight is 382 g/mol. The second kappa shape index (κ2) is 10.2. The van der Waals surface area contributed by atoms with E-state index in [4.69, 9.17) is 15.2 Å². The predicted molar refractivity (Wildman–Crippen MR) is 111 cm³/mol. The molecule has 1 unspecified atom stereocenters. The van der Waals surface area contributed by atoms with Gasteiger partial charge in [0, 0.05) is 5.92 Å². The molecule has 0 radical (unpaired) electrons. The molecule has 0 heterocycles. The second-order valence-corrected chi connectivity index (χ2v) is 7.71. The van der Waals surface area contributed by atoms with E-state index < -0.39 is 0 Å². The molecule has 1 aliphatic rings. The fraction of sp³-hybridized carbons (Fsp3) is 0.458. The van der Waals surface area contributed by atoms with Gasteiger partial charge in [-0.25, -0.2) is 0 Å². The Labute approximate surface area is 168 Å². The van der Waals surface area contributed by atoms with Gasteiger partial charge in [0.2, 0.25) is 5.91 Å². The molecule has 0 saturated heterocycles. The van der Waals surface area contributed by atoms with Crippen molar-refractivity contribution in [1.29, 1.82) is 0 Å². The standard InChI is InChI=1S/C24H31NO3/c1-27-23-16-18(12-14-21(24(25)26)20-10-6-3-7-11-20)13-15-22(23)28-17-19-8-4-2-5-9-19/h2,4-5,8-9,13,15-16,20-21H,3,6-7,10-12,14,17H2,1H3,(H2,25,26). The molecule has 1 saturated carbocycles. The van der Waals surface area contributed by atoms with Crippen LogP contribution in [0.4, 0.5) is 0 Å². The lowest BCUT2D eigenvalue weighted by Crippen LogP contribution is -2.31. The molecule has 2 N–H and O–H groups in total. The van der Waals surface area contributed by atoms with Gasteiger partial charge in [-0.3, -0.25) is 4.79 Å². The molecule has 4 nitrogen and oxygen atoms in total. The van der Waals surface area contributed by atoms with Gasteiger partial charge in [0.15, 0.2) is 11.5 Å². The van der Waals surface area contributed by atoms with E-state index in [0.29, 0.717) is 12.5 Å². The lowest BCUT2D eigenvalue weighted by molar-refractivity contribution is -0.124. The number of hydrogen-bond donors (Lipinski definition) is 1. The molecule has 2 aromatic rings. The quantitative estimate of drug-likeness (QED) is 0.673. The van der Waals surface area contributed by atoms with E-state index in [1.165, 1.54) is 19.3 Å². The molecule has 1 fully saturated rings. The van der Waals surface area contributed by atoms with Crippen LogP contribution < -0.4 is 15.2 Å². The Morgan fingerprint density at radius 2 is 1.79 bits per heavy atom. The number of methoxy groups -OCH3 is 1. The number of primary amides is 1. The smallest absolute Gasteiger partial charge is 0.220 e. The van der Waals surface area contributed by atoms with Crippen molar-refractivity contribution in [3.05, 3.63) is 59.7 Å². The Hall–Kier alpha value is -2.49. The predicted octanol–water partition coefficient (Wildman–Crippen LogP) is 4.89. The summed E-state index contributed by atoms with van der Waals surface area (Å²) in [7, 11) is 1.66. The van der Waals surface area contributed by atoms with Crippen molar-refractivity contribution in [3.63, 3.8) is 0 Å². The zero-order valence-electron chi connectivity index (χ0n) is 16.7. The minimum atomic E-state index is -0.151. The van der Waals surface area contributed by atoms with E-state index >= 15 is 0 Å². The summed E-state index contributed by atoms with van der Waals surface area (Å²) in [4.78, 5) is 12.0. The maximum atomic E-state index is 12.0. The van der Waals surface area contributed by atoms with Crippen molar-refractivity contribution >= 4 is 5.91 Å². The maximum Gasteiger partial charge on any atom is 0.220 e. The van der Waals surface area contributed by atoms with E-state index in [-0.39, 0.29) is 11.8 Å². The van der Waals surface area contributed by atoms with Gasteiger partial charge in [0.05, 0.1) is 7.11 Å². The molecule has 28 heavy (non-hydrogen) atoms. The zero-order chi connectivity index (χ0) is 19.8. The highest BCUT2D eigenvalue weighted by Gasteiger charge is 2.27. The third-order valence-corrected chi connectivity index (χ3v) is 5.79.